The summed E-state index contributed by atoms with van der Waals surface area (Å²) in [6, 6.07) is 0. The van der Waals surface area contributed by atoms with Crippen molar-refractivity contribution in [3.8, 4) is 0 Å². The van der Waals surface area contributed by atoms with Gasteiger partial charge in [0.2, 0.25) is 11.8 Å². The molecule has 0 aliphatic carbocycles. The van der Waals surface area contributed by atoms with Gasteiger partial charge in [0.25, 0.3) is 0 Å². The molecular formula is C14H26N4O2. The zero-order valence-corrected chi connectivity index (χ0v) is 12.5. The maximum Gasteiger partial charge on any atom is 0.236 e. The highest BCUT2D eigenvalue weighted by Crippen LogP contribution is 2.19. The molecule has 1 atom stereocenters. The number of primary amides is 1. The van der Waals surface area contributed by atoms with Crippen LogP contribution in [0.25, 0.3) is 0 Å². The number of likely N-dealkylation sites (tertiary alicyclic amines) is 1. The molecule has 2 saturated heterocycles. The van der Waals surface area contributed by atoms with Crippen LogP contribution in [0, 0.1) is 5.92 Å². The second-order valence-corrected chi connectivity index (χ2v) is 6.49. The smallest absolute Gasteiger partial charge is 0.236 e. The molecule has 0 aromatic rings. The maximum absolute atomic E-state index is 12.4. The molecule has 2 aliphatic rings. The molecule has 6 heteroatoms. The molecule has 2 heterocycles. The fraction of sp³-hybridized carbons (Fsp3) is 0.857. The van der Waals surface area contributed by atoms with Crippen LogP contribution in [0.4, 0.5) is 0 Å². The molecule has 2 amide bonds. The minimum absolute atomic E-state index is 0.00716. The van der Waals surface area contributed by atoms with Crippen LogP contribution in [0.1, 0.15) is 26.7 Å². The Balaban J connectivity index is 1.92. The van der Waals surface area contributed by atoms with Crippen molar-refractivity contribution in [2.45, 2.75) is 32.2 Å². The Morgan fingerprint density at radius 2 is 2.10 bits per heavy atom. The quantitative estimate of drug-likeness (QED) is 0.724. The lowest BCUT2D eigenvalue weighted by molar-refractivity contribution is -0.137. The average Bonchev–Trinajstić information content (AvgIpc) is 2.41. The molecule has 2 fully saturated rings. The summed E-state index contributed by atoms with van der Waals surface area (Å²) in [5.74, 6) is -0.348. The molecule has 0 aromatic carbocycles. The van der Waals surface area contributed by atoms with E-state index in [1.165, 1.54) is 0 Å². The summed E-state index contributed by atoms with van der Waals surface area (Å²) in [6.07, 6.45) is 1.67. The number of piperazine rings is 1. The number of rotatable bonds is 3. The van der Waals surface area contributed by atoms with Crippen LogP contribution in [0.3, 0.4) is 0 Å². The second kappa shape index (κ2) is 6.10. The molecule has 114 valence electrons. The van der Waals surface area contributed by atoms with Gasteiger partial charge in [-0.3, -0.25) is 14.5 Å². The predicted octanol–water partition coefficient (Wildman–Crippen LogP) is -0.606. The maximum atomic E-state index is 12.4. The van der Waals surface area contributed by atoms with Crippen molar-refractivity contribution in [3.05, 3.63) is 0 Å². The third kappa shape index (κ3) is 3.49. The van der Waals surface area contributed by atoms with Gasteiger partial charge in [0, 0.05) is 38.3 Å². The first-order valence-electron chi connectivity index (χ1n) is 7.43. The van der Waals surface area contributed by atoms with Crippen molar-refractivity contribution in [1.82, 2.24) is 15.1 Å². The highest BCUT2D eigenvalue weighted by atomic mass is 16.2. The lowest BCUT2D eigenvalue weighted by atomic mass is 9.97. The molecule has 3 N–H and O–H groups in total. The number of carbonyl (C=O) groups excluding carboxylic acids is 2. The predicted molar refractivity (Wildman–Crippen MR) is 77.0 cm³/mol. The highest BCUT2D eigenvalue weighted by molar-refractivity contribution is 5.81. The van der Waals surface area contributed by atoms with Crippen LogP contribution in [0.2, 0.25) is 0 Å². The Kier molecular flexibility index (Phi) is 4.65. The van der Waals surface area contributed by atoms with Crippen LogP contribution in [0.15, 0.2) is 0 Å². The second-order valence-electron chi connectivity index (χ2n) is 6.49. The van der Waals surface area contributed by atoms with E-state index in [0.717, 1.165) is 39.0 Å². The first-order valence-corrected chi connectivity index (χ1v) is 7.43. The topological polar surface area (TPSA) is 78.7 Å². The van der Waals surface area contributed by atoms with Crippen molar-refractivity contribution in [1.29, 1.82) is 0 Å². The van der Waals surface area contributed by atoms with E-state index in [1.807, 2.05) is 0 Å². The normalized spacial score (nSPS) is 27.3. The average molecular weight is 282 g/mol. The molecule has 0 bridgehead atoms. The Hall–Kier alpha value is -1.14. The SMILES string of the molecule is CC1(C)CNCCN1CC(=O)N1CCCC(C(N)=O)C1. The number of carbonyl (C=O) groups is 2. The van der Waals surface area contributed by atoms with Crippen molar-refractivity contribution < 1.29 is 9.59 Å². The summed E-state index contributed by atoms with van der Waals surface area (Å²) >= 11 is 0. The summed E-state index contributed by atoms with van der Waals surface area (Å²) in [4.78, 5) is 27.7. The highest BCUT2D eigenvalue weighted by Gasteiger charge is 2.33. The van der Waals surface area contributed by atoms with E-state index in [1.54, 1.807) is 4.90 Å². The van der Waals surface area contributed by atoms with Gasteiger partial charge in [-0.25, -0.2) is 0 Å². The lowest BCUT2D eigenvalue weighted by Crippen LogP contribution is -2.60. The summed E-state index contributed by atoms with van der Waals surface area (Å²) in [6.45, 7) is 8.65. The van der Waals surface area contributed by atoms with E-state index >= 15 is 0 Å². The lowest BCUT2D eigenvalue weighted by Gasteiger charge is -2.43. The van der Waals surface area contributed by atoms with E-state index in [4.69, 9.17) is 5.73 Å². The van der Waals surface area contributed by atoms with Crippen molar-refractivity contribution >= 4 is 11.8 Å². The van der Waals surface area contributed by atoms with Gasteiger partial charge < -0.3 is 16.0 Å². The van der Waals surface area contributed by atoms with Crippen LogP contribution in [-0.4, -0.2) is 66.4 Å². The summed E-state index contributed by atoms with van der Waals surface area (Å²) in [5, 5.41) is 3.35. The Labute approximate surface area is 120 Å². The van der Waals surface area contributed by atoms with E-state index in [-0.39, 0.29) is 23.3 Å². The number of amides is 2. The van der Waals surface area contributed by atoms with Gasteiger partial charge in [-0.15, -0.1) is 0 Å². The number of nitrogens with one attached hydrogen (secondary N) is 1. The van der Waals surface area contributed by atoms with Gasteiger partial charge in [0.1, 0.15) is 0 Å². The minimum atomic E-state index is -0.287. The number of piperidine rings is 1. The molecule has 20 heavy (non-hydrogen) atoms. The molecule has 0 radical (unpaired) electrons. The number of nitrogens with two attached hydrogens (primary N) is 1. The van der Waals surface area contributed by atoms with Gasteiger partial charge in [-0.2, -0.15) is 0 Å². The van der Waals surface area contributed by atoms with Gasteiger partial charge >= 0.3 is 0 Å². The Morgan fingerprint density at radius 1 is 1.35 bits per heavy atom. The van der Waals surface area contributed by atoms with Gasteiger partial charge in [0.15, 0.2) is 0 Å². The van der Waals surface area contributed by atoms with Crippen molar-refractivity contribution in [3.63, 3.8) is 0 Å². The van der Waals surface area contributed by atoms with Crippen LogP contribution in [0.5, 0.6) is 0 Å². The third-order valence-electron chi connectivity index (χ3n) is 4.47. The van der Waals surface area contributed by atoms with E-state index in [9.17, 15) is 9.59 Å². The summed E-state index contributed by atoms with van der Waals surface area (Å²) in [5.41, 5.74) is 5.35. The van der Waals surface area contributed by atoms with E-state index in [2.05, 4.69) is 24.1 Å². The Bertz CT molecular complexity index is 383. The molecule has 1 unspecified atom stereocenters. The number of nitrogens with zero attached hydrogens (tertiary/aromatic N) is 2. The molecule has 0 aromatic heterocycles. The van der Waals surface area contributed by atoms with Crippen molar-refractivity contribution in [2.75, 3.05) is 39.3 Å². The third-order valence-corrected chi connectivity index (χ3v) is 4.47. The van der Waals surface area contributed by atoms with Crippen LogP contribution in [-0.2, 0) is 9.59 Å². The molecular weight excluding hydrogens is 256 g/mol. The van der Waals surface area contributed by atoms with Crippen molar-refractivity contribution in [2.24, 2.45) is 11.7 Å². The fourth-order valence-electron chi connectivity index (χ4n) is 3.02. The summed E-state index contributed by atoms with van der Waals surface area (Å²) in [7, 11) is 0. The van der Waals surface area contributed by atoms with Gasteiger partial charge in [-0.1, -0.05) is 0 Å². The van der Waals surface area contributed by atoms with E-state index in [0.29, 0.717) is 13.1 Å². The monoisotopic (exact) mass is 282 g/mol. The standard InChI is InChI=1S/C14H26N4O2/c1-14(2)10-16-5-7-18(14)9-12(19)17-6-3-4-11(8-17)13(15)20/h11,16H,3-10H2,1-2H3,(H2,15,20). The Morgan fingerprint density at radius 3 is 2.75 bits per heavy atom. The molecule has 0 spiro atoms. The molecule has 2 rings (SSSR count). The number of hydrogen-bond donors (Lipinski definition) is 2. The van der Waals surface area contributed by atoms with Gasteiger partial charge in [-0.05, 0) is 26.7 Å². The minimum Gasteiger partial charge on any atom is -0.369 e. The number of hydrogen-bond acceptors (Lipinski definition) is 4. The van der Waals surface area contributed by atoms with Crippen LogP contribution < -0.4 is 11.1 Å². The molecule has 6 nitrogen and oxygen atoms in total. The van der Waals surface area contributed by atoms with Crippen LogP contribution >= 0.6 is 0 Å². The first-order chi connectivity index (χ1) is 9.40. The van der Waals surface area contributed by atoms with Gasteiger partial charge in [0.05, 0.1) is 12.5 Å². The molecule has 2 aliphatic heterocycles. The zero-order valence-electron chi connectivity index (χ0n) is 12.5. The van der Waals surface area contributed by atoms with E-state index < -0.39 is 0 Å². The molecule has 0 saturated carbocycles. The zero-order chi connectivity index (χ0) is 14.8. The fourth-order valence-corrected chi connectivity index (χ4v) is 3.02. The largest absolute Gasteiger partial charge is 0.369 e. The first kappa shape index (κ1) is 15.3. The summed E-state index contributed by atoms with van der Waals surface area (Å²) < 4.78 is 0.